The molecule has 0 bridgehead atoms. The van der Waals surface area contributed by atoms with Gasteiger partial charge in [-0.25, -0.2) is 4.98 Å². The van der Waals surface area contributed by atoms with Crippen LogP contribution in [0, 0.1) is 6.92 Å². The maximum Gasteiger partial charge on any atom is 0.122 e. The highest BCUT2D eigenvalue weighted by Crippen LogP contribution is 2.26. The number of rotatable bonds is 7. The molecule has 1 N–H and O–H groups in total. The number of methoxy groups -OCH3 is 1. The van der Waals surface area contributed by atoms with Crippen molar-refractivity contribution < 1.29 is 4.74 Å². The third kappa shape index (κ3) is 3.81. The first-order valence-electron chi connectivity index (χ1n) is 7.01. The van der Waals surface area contributed by atoms with Crippen LogP contribution in [-0.4, -0.2) is 18.6 Å². The third-order valence-electron chi connectivity index (χ3n) is 3.34. The molecular weight excluding hydrogens is 268 g/mol. The fourth-order valence-electron chi connectivity index (χ4n) is 2.21. The van der Waals surface area contributed by atoms with Crippen LogP contribution in [0.1, 0.15) is 35.5 Å². The number of aromatic nitrogens is 1. The van der Waals surface area contributed by atoms with Crippen LogP contribution in [0.15, 0.2) is 29.8 Å². The lowest BCUT2D eigenvalue weighted by molar-refractivity contribution is 0.409. The average molecular weight is 290 g/mol. The van der Waals surface area contributed by atoms with Gasteiger partial charge in [-0.3, -0.25) is 0 Å². The smallest absolute Gasteiger partial charge is 0.122 e. The molecule has 2 rings (SSSR count). The van der Waals surface area contributed by atoms with E-state index < -0.39 is 0 Å². The molecule has 0 saturated carbocycles. The van der Waals surface area contributed by atoms with Crippen LogP contribution in [0.3, 0.4) is 0 Å². The molecule has 3 nitrogen and oxygen atoms in total. The van der Waals surface area contributed by atoms with E-state index in [4.69, 9.17) is 4.74 Å². The van der Waals surface area contributed by atoms with Gasteiger partial charge in [0.2, 0.25) is 0 Å². The maximum atomic E-state index is 5.43. The molecule has 0 radical (unpaired) electrons. The van der Waals surface area contributed by atoms with E-state index in [1.807, 2.05) is 11.6 Å². The minimum atomic E-state index is 0.288. The van der Waals surface area contributed by atoms with Crippen LogP contribution >= 0.6 is 11.3 Å². The van der Waals surface area contributed by atoms with Gasteiger partial charge in [-0.2, -0.15) is 0 Å². The number of nitrogens with one attached hydrogen (secondary N) is 1. The SMILES string of the molecule is CCCNC(Cc1nccs1)c1ccc(C)c(OC)c1. The minimum Gasteiger partial charge on any atom is -0.496 e. The molecule has 1 heterocycles. The molecular formula is C16H22N2OS. The second kappa shape index (κ2) is 7.41. The lowest BCUT2D eigenvalue weighted by Gasteiger charge is -2.19. The molecule has 1 unspecified atom stereocenters. The second-order valence-corrected chi connectivity index (χ2v) is 5.84. The molecule has 1 aromatic heterocycles. The maximum absolute atomic E-state index is 5.43. The first kappa shape index (κ1) is 15.0. The first-order chi connectivity index (χ1) is 9.74. The van der Waals surface area contributed by atoms with Crippen molar-refractivity contribution >= 4 is 11.3 Å². The molecule has 0 spiro atoms. The standard InChI is InChI=1S/C16H22N2OS/c1-4-7-17-14(11-16-18-8-9-20-16)13-6-5-12(2)15(10-13)19-3/h5-6,8-10,14,17H,4,7,11H2,1-3H3. The van der Waals surface area contributed by atoms with Crippen LogP contribution in [0.4, 0.5) is 0 Å². The summed E-state index contributed by atoms with van der Waals surface area (Å²) in [5, 5.41) is 6.80. The zero-order valence-corrected chi connectivity index (χ0v) is 13.2. The fourth-order valence-corrected chi connectivity index (χ4v) is 2.87. The topological polar surface area (TPSA) is 34.2 Å². The van der Waals surface area contributed by atoms with Gasteiger partial charge in [0.15, 0.2) is 0 Å². The van der Waals surface area contributed by atoms with E-state index in [1.165, 1.54) is 11.1 Å². The van der Waals surface area contributed by atoms with Gasteiger partial charge < -0.3 is 10.1 Å². The van der Waals surface area contributed by atoms with Gasteiger partial charge >= 0.3 is 0 Å². The van der Waals surface area contributed by atoms with Gasteiger partial charge in [0, 0.05) is 24.0 Å². The van der Waals surface area contributed by atoms with Crippen molar-refractivity contribution in [3.05, 3.63) is 45.9 Å². The van der Waals surface area contributed by atoms with Crippen molar-refractivity contribution in [2.24, 2.45) is 0 Å². The average Bonchev–Trinajstić information content (AvgIpc) is 2.97. The Balaban J connectivity index is 2.20. The largest absolute Gasteiger partial charge is 0.496 e. The second-order valence-electron chi connectivity index (χ2n) is 4.87. The van der Waals surface area contributed by atoms with Gasteiger partial charge in [-0.15, -0.1) is 11.3 Å². The molecule has 20 heavy (non-hydrogen) atoms. The Morgan fingerprint density at radius 3 is 2.90 bits per heavy atom. The Morgan fingerprint density at radius 2 is 2.25 bits per heavy atom. The zero-order chi connectivity index (χ0) is 14.4. The highest BCUT2D eigenvalue weighted by Gasteiger charge is 2.14. The number of ether oxygens (including phenoxy) is 1. The molecule has 0 aliphatic rings. The van der Waals surface area contributed by atoms with Gasteiger partial charge in [0.1, 0.15) is 5.75 Å². The Bertz CT molecular complexity index is 525. The quantitative estimate of drug-likeness (QED) is 0.843. The lowest BCUT2D eigenvalue weighted by Crippen LogP contribution is -2.24. The number of benzene rings is 1. The lowest BCUT2D eigenvalue weighted by atomic mass is 10.0. The first-order valence-corrected chi connectivity index (χ1v) is 7.88. The van der Waals surface area contributed by atoms with Crippen molar-refractivity contribution in [1.29, 1.82) is 0 Å². The number of aryl methyl sites for hydroxylation is 1. The molecule has 0 fully saturated rings. The molecule has 4 heteroatoms. The molecule has 0 saturated heterocycles. The summed E-state index contributed by atoms with van der Waals surface area (Å²) < 4.78 is 5.43. The highest BCUT2D eigenvalue weighted by atomic mass is 32.1. The van der Waals surface area contributed by atoms with E-state index in [9.17, 15) is 0 Å². The van der Waals surface area contributed by atoms with Crippen molar-refractivity contribution in [3.8, 4) is 5.75 Å². The van der Waals surface area contributed by atoms with E-state index in [0.29, 0.717) is 0 Å². The molecule has 1 atom stereocenters. The summed E-state index contributed by atoms with van der Waals surface area (Å²) in [6.07, 6.45) is 3.91. The van der Waals surface area contributed by atoms with Crippen molar-refractivity contribution in [1.82, 2.24) is 10.3 Å². The Morgan fingerprint density at radius 1 is 1.40 bits per heavy atom. The number of nitrogens with zero attached hydrogens (tertiary/aromatic N) is 1. The van der Waals surface area contributed by atoms with Crippen LogP contribution < -0.4 is 10.1 Å². The van der Waals surface area contributed by atoms with Crippen LogP contribution in [0.25, 0.3) is 0 Å². The minimum absolute atomic E-state index is 0.288. The zero-order valence-electron chi connectivity index (χ0n) is 12.3. The predicted molar refractivity (Wildman–Crippen MR) is 84.6 cm³/mol. The van der Waals surface area contributed by atoms with Gasteiger partial charge in [-0.1, -0.05) is 19.1 Å². The van der Waals surface area contributed by atoms with E-state index in [0.717, 1.165) is 30.1 Å². The van der Waals surface area contributed by atoms with Gasteiger partial charge in [0.05, 0.1) is 12.1 Å². The summed E-state index contributed by atoms with van der Waals surface area (Å²) in [7, 11) is 1.72. The third-order valence-corrected chi connectivity index (χ3v) is 4.14. The number of hydrogen-bond donors (Lipinski definition) is 1. The Kier molecular flexibility index (Phi) is 5.56. The fraction of sp³-hybridized carbons (Fsp3) is 0.438. The normalized spacial score (nSPS) is 12.3. The van der Waals surface area contributed by atoms with Crippen LogP contribution in [-0.2, 0) is 6.42 Å². The van der Waals surface area contributed by atoms with Gasteiger partial charge in [0.25, 0.3) is 0 Å². The van der Waals surface area contributed by atoms with Crippen LogP contribution in [0.5, 0.6) is 5.75 Å². The molecule has 0 aliphatic heterocycles. The van der Waals surface area contributed by atoms with Crippen molar-refractivity contribution in [3.63, 3.8) is 0 Å². The predicted octanol–water partition coefficient (Wildman–Crippen LogP) is 3.74. The number of hydrogen-bond acceptors (Lipinski definition) is 4. The molecule has 108 valence electrons. The summed E-state index contributed by atoms with van der Waals surface area (Å²) in [4.78, 5) is 4.40. The van der Waals surface area contributed by atoms with E-state index in [-0.39, 0.29) is 6.04 Å². The summed E-state index contributed by atoms with van der Waals surface area (Å²) >= 11 is 1.71. The van der Waals surface area contributed by atoms with Crippen LogP contribution in [0.2, 0.25) is 0 Å². The Labute approximate surface area is 125 Å². The van der Waals surface area contributed by atoms with Crippen molar-refractivity contribution in [2.75, 3.05) is 13.7 Å². The van der Waals surface area contributed by atoms with E-state index in [2.05, 4.69) is 42.3 Å². The van der Waals surface area contributed by atoms with Gasteiger partial charge in [-0.05, 0) is 37.1 Å². The summed E-state index contributed by atoms with van der Waals surface area (Å²) in [6, 6.07) is 6.72. The summed E-state index contributed by atoms with van der Waals surface area (Å²) in [6.45, 7) is 5.26. The van der Waals surface area contributed by atoms with E-state index in [1.54, 1.807) is 18.4 Å². The Hall–Kier alpha value is -1.39. The highest BCUT2D eigenvalue weighted by molar-refractivity contribution is 7.09. The van der Waals surface area contributed by atoms with Crippen molar-refractivity contribution in [2.45, 2.75) is 32.7 Å². The van der Waals surface area contributed by atoms with E-state index >= 15 is 0 Å². The molecule has 2 aromatic rings. The molecule has 1 aromatic carbocycles. The molecule has 0 aliphatic carbocycles. The monoisotopic (exact) mass is 290 g/mol. The summed E-state index contributed by atoms with van der Waals surface area (Å²) in [5.74, 6) is 0.949. The summed E-state index contributed by atoms with van der Waals surface area (Å²) in [5.41, 5.74) is 2.43. The number of thiazole rings is 1. The molecule has 0 amide bonds.